The molecule has 3 heterocycles. The Hall–Kier alpha value is -6.64. The average Bonchev–Trinajstić information content (AvgIpc) is 3.66. The number of para-hydroxylation sites is 2. The van der Waals surface area contributed by atoms with Crippen LogP contribution in [0.2, 0.25) is 0 Å². The van der Waals surface area contributed by atoms with Crippen molar-refractivity contribution in [3.63, 3.8) is 0 Å². The molecule has 9 aromatic rings. The minimum Gasteiger partial charge on any atom is -0.499 e. The van der Waals surface area contributed by atoms with Crippen LogP contribution in [-0.2, 0) is 20.1 Å². The van der Waals surface area contributed by atoms with Crippen LogP contribution in [0.3, 0.4) is 0 Å². The third-order valence-electron chi connectivity index (χ3n) is 8.99. The zero-order chi connectivity index (χ0) is 41.9. The van der Waals surface area contributed by atoms with E-state index in [4.69, 9.17) is 12.6 Å². The van der Waals surface area contributed by atoms with Gasteiger partial charge >= 0.3 is 0 Å². The predicted molar refractivity (Wildman–Crippen MR) is 219 cm³/mol. The molecule has 0 saturated carbocycles. The van der Waals surface area contributed by atoms with E-state index in [1.165, 1.54) is 6.07 Å². The molecule has 0 spiro atoms. The molecule has 0 unspecified atom stereocenters. The summed E-state index contributed by atoms with van der Waals surface area (Å²) in [6, 6.07) is 58.9. The number of hydrogen-bond acceptors (Lipinski definition) is 5. The van der Waals surface area contributed by atoms with Crippen LogP contribution in [-0.4, -0.2) is 9.97 Å². The van der Waals surface area contributed by atoms with Crippen molar-refractivity contribution >= 4 is 39.0 Å². The van der Waals surface area contributed by atoms with Crippen molar-refractivity contribution in [2.75, 3.05) is 4.90 Å². The summed E-state index contributed by atoms with van der Waals surface area (Å²) in [6.07, 6.45) is 2.87. The third kappa shape index (κ3) is 7.58. The molecule has 0 atom stereocenters. The van der Waals surface area contributed by atoms with Gasteiger partial charge in [0.1, 0.15) is 17.2 Å². The predicted octanol–water partition coefficient (Wildman–Crippen LogP) is 12.6. The van der Waals surface area contributed by atoms with Crippen molar-refractivity contribution in [1.29, 1.82) is 5.26 Å². The summed E-state index contributed by atoms with van der Waals surface area (Å²) in [5, 5.41) is 11.8. The molecule has 9 rings (SSSR count). The summed E-state index contributed by atoms with van der Waals surface area (Å²) < 4.78 is 53.7. The van der Waals surface area contributed by atoms with E-state index in [1.807, 2.05) is 121 Å². The fourth-order valence-corrected chi connectivity index (χ4v) is 6.41. The summed E-state index contributed by atoms with van der Waals surface area (Å²) in [5.41, 5.74) is 7.52. The Labute approximate surface area is 343 Å². The van der Waals surface area contributed by atoms with Crippen LogP contribution in [0, 0.1) is 37.2 Å². The molecule has 0 aliphatic rings. The van der Waals surface area contributed by atoms with Crippen LogP contribution in [0.15, 0.2) is 175 Å². The first-order chi connectivity index (χ1) is 29.0. The number of fused-ring (bicyclic) bond motifs is 3. The Morgan fingerprint density at radius 3 is 1.98 bits per heavy atom. The van der Waals surface area contributed by atoms with Gasteiger partial charge in [-0.05, 0) is 78.7 Å². The average molecular weight is 893 g/mol. The van der Waals surface area contributed by atoms with Gasteiger partial charge < -0.3 is 19.3 Å². The molecule has 0 amide bonds. The molecule has 55 heavy (non-hydrogen) atoms. The summed E-state index contributed by atoms with van der Waals surface area (Å²) in [7, 11) is 0. The molecule has 1 radical (unpaired) electrons. The van der Waals surface area contributed by atoms with Crippen LogP contribution in [0.1, 0.15) is 24.9 Å². The molecule has 267 valence electrons. The first kappa shape index (κ1) is 29.8. The van der Waals surface area contributed by atoms with Gasteiger partial charge in [-0.3, -0.25) is 0 Å². The Balaban J connectivity index is 0.000000370. The van der Waals surface area contributed by atoms with Crippen molar-refractivity contribution in [1.82, 2.24) is 9.97 Å². The van der Waals surface area contributed by atoms with Crippen LogP contribution in [0.25, 0.3) is 55.6 Å². The number of nitrogens with zero attached hydrogens (tertiary/aromatic N) is 4. The number of pyridine rings is 2. The van der Waals surface area contributed by atoms with E-state index in [0.29, 0.717) is 38.6 Å². The van der Waals surface area contributed by atoms with E-state index in [9.17, 15) is 5.26 Å². The molecule has 6 aromatic carbocycles. The molecule has 0 bridgehead atoms. The molecule has 6 heteroatoms. The van der Waals surface area contributed by atoms with Gasteiger partial charge in [-0.25, -0.2) is 0 Å². The van der Waals surface area contributed by atoms with Crippen molar-refractivity contribution in [2.24, 2.45) is 0 Å². The molecule has 0 N–H and O–H groups in total. The topological polar surface area (TPSA) is 66.0 Å². The summed E-state index contributed by atoms with van der Waals surface area (Å²) in [6.45, 7) is -5.33. The second-order valence-electron chi connectivity index (χ2n) is 12.3. The number of aryl methyl sites for hydroxylation is 2. The number of benzene rings is 6. The molecule has 0 saturated heterocycles. The smallest absolute Gasteiger partial charge is 0.139 e. The first-order valence-corrected chi connectivity index (χ1v) is 17.2. The molecular formula is C49H34IrN4O-2. The minimum absolute atomic E-state index is 0. The van der Waals surface area contributed by atoms with Gasteiger partial charge in [0, 0.05) is 68.7 Å². The van der Waals surface area contributed by atoms with Gasteiger partial charge in [0.05, 0.1) is 5.58 Å². The Morgan fingerprint density at radius 2 is 1.33 bits per heavy atom. The van der Waals surface area contributed by atoms with E-state index in [-0.39, 0.29) is 36.9 Å². The number of rotatable bonds is 6. The molecule has 0 aliphatic heterocycles. The molecule has 0 fully saturated rings. The normalized spacial score (nSPS) is 12.6. The number of nitriles is 1. The van der Waals surface area contributed by atoms with E-state index in [1.54, 1.807) is 12.3 Å². The molecular weight excluding hydrogens is 853 g/mol. The maximum atomic E-state index is 10.4. The standard InChI is InChI=1S/C38H26N3O.C11H8N.Ir/c1-25-22-36(40-24-26(25)2)34-15-9-14-32-33-21-20-31(35(23-39)38(33)42-37(32)34)27-16-18-30(19-17-27)41(28-10-5-3-6-11-28)29-12-7-4-8-13-29;1-2-6-10(7-3-1)11-8-4-5-9-12-11;/h3-14,16-22,24H,1-2H3;1-6,8-9H;/q2*-1;/i1D3,2D3;;. The van der Waals surface area contributed by atoms with Gasteiger partial charge in [0.25, 0.3) is 0 Å². The number of anilines is 3. The third-order valence-corrected chi connectivity index (χ3v) is 8.99. The van der Waals surface area contributed by atoms with Crippen molar-refractivity contribution in [2.45, 2.75) is 13.7 Å². The number of aromatic nitrogens is 2. The largest absolute Gasteiger partial charge is 0.499 e. The van der Waals surface area contributed by atoms with E-state index in [0.717, 1.165) is 40.1 Å². The monoisotopic (exact) mass is 893 g/mol. The second kappa shape index (κ2) is 16.6. The molecule has 5 nitrogen and oxygen atoms in total. The van der Waals surface area contributed by atoms with Crippen molar-refractivity contribution < 1.29 is 32.7 Å². The second-order valence-corrected chi connectivity index (χ2v) is 12.3. The van der Waals surface area contributed by atoms with Crippen molar-refractivity contribution in [3.8, 4) is 39.7 Å². The van der Waals surface area contributed by atoms with E-state index >= 15 is 0 Å². The summed E-state index contributed by atoms with van der Waals surface area (Å²) in [5.74, 6) is 0. The minimum atomic E-state index is -2.68. The quantitative estimate of drug-likeness (QED) is 0.156. The van der Waals surface area contributed by atoms with Crippen LogP contribution >= 0.6 is 0 Å². The van der Waals surface area contributed by atoms with Gasteiger partial charge in [0.15, 0.2) is 0 Å². The zero-order valence-electron chi connectivity index (χ0n) is 35.2. The summed E-state index contributed by atoms with van der Waals surface area (Å²) in [4.78, 5) is 10.7. The molecule has 3 aromatic heterocycles. The number of furan rings is 1. The van der Waals surface area contributed by atoms with Crippen molar-refractivity contribution in [3.05, 3.63) is 199 Å². The zero-order valence-corrected chi connectivity index (χ0v) is 31.6. The van der Waals surface area contributed by atoms with Crippen LogP contribution in [0.4, 0.5) is 17.1 Å². The Kier molecular flexibility index (Phi) is 8.97. The SMILES string of the molecule is [2H]C([2H])([2H])c1cnc(-c2[c-]ccc3c2oc2c(C#N)c(-c4ccc(N(c5ccccc5)c5ccccc5)cc4)ccc23)cc1C([2H])([2H])[2H].[Ir].[c-]1ccccc1-c1ccccn1. The maximum absolute atomic E-state index is 10.4. The number of hydrogen-bond donors (Lipinski definition) is 0. The van der Waals surface area contributed by atoms with Crippen LogP contribution in [0.5, 0.6) is 0 Å². The Bertz CT molecular complexity index is 2880. The van der Waals surface area contributed by atoms with E-state index in [2.05, 4.69) is 57.3 Å². The van der Waals surface area contributed by atoms with Gasteiger partial charge in [-0.15, -0.1) is 54.1 Å². The van der Waals surface area contributed by atoms with Crippen LogP contribution < -0.4 is 4.90 Å². The van der Waals surface area contributed by atoms with Gasteiger partial charge in [-0.1, -0.05) is 95.4 Å². The van der Waals surface area contributed by atoms with E-state index < -0.39 is 13.7 Å². The fourth-order valence-electron chi connectivity index (χ4n) is 6.41. The summed E-state index contributed by atoms with van der Waals surface area (Å²) >= 11 is 0. The molecule has 0 aliphatic carbocycles. The Morgan fingerprint density at radius 1 is 0.636 bits per heavy atom. The fraction of sp³-hybridized carbons (Fsp3) is 0.0408. The van der Waals surface area contributed by atoms with Gasteiger partial charge in [-0.2, -0.15) is 5.26 Å². The van der Waals surface area contributed by atoms with Gasteiger partial charge in [0.2, 0.25) is 0 Å². The maximum Gasteiger partial charge on any atom is 0.139 e. The first-order valence-electron chi connectivity index (χ1n) is 20.2.